The Hall–Kier alpha value is -1.35. The van der Waals surface area contributed by atoms with Crippen molar-refractivity contribution in [3.63, 3.8) is 0 Å². The number of amides is 1. The Morgan fingerprint density at radius 2 is 2.20 bits per heavy atom. The minimum atomic E-state index is -0.0974. The van der Waals surface area contributed by atoms with E-state index in [0.717, 1.165) is 54.8 Å². The highest BCUT2D eigenvalue weighted by Gasteiger charge is 2.39. The largest absolute Gasteiger partial charge is 0.381 e. The summed E-state index contributed by atoms with van der Waals surface area (Å²) in [6.45, 7) is 4.75. The number of hydrogen-bond acceptors (Lipinski definition) is 7. The van der Waals surface area contributed by atoms with Crippen molar-refractivity contribution in [3.05, 3.63) is 26.9 Å². The number of rotatable bonds is 6. The average molecular weight is 379 g/mol. The molecule has 2 N–H and O–H groups in total. The molecule has 134 valence electrons. The van der Waals surface area contributed by atoms with Crippen LogP contribution in [0.4, 0.5) is 5.13 Å². The Morgan fingerprint density at radius 1 is 1.36 bits per heavy atom. The van der Waals surface area contributed by atoms with Crippen LogP contribution in [0.1, 0.15) is 45.4 Å². The van der Waals surface area contributed by atoms with Gasteiger partial charge in [0.1, 0.15) is 5.01 Å². The molecule has 2 atom stereocenters. The maximum absolute atomic E-state index is 12.3. The number of carbonyl (C=O) groups excluding carboxylic acids is 1. The number of hydrogen-bond donors (Lipinski definition) is 2. The molecule has 1 amide bonds. The Balaban J connectivity index is 1.27. The summed E-state index contributed by atoms with van der Waals surface area (Å²) < 4.78 is 5.41. The number of ether oxygens (including phenoxy) is 1. The van der Waals surface area contributed by atoms with E-state index in [1.807, 2.05) is 13.0 Å². The maximum Gasteiger partial charge on any atom is 0.267 e. The molecule has 1 aliphatic heterocycles. The van der Waals surface area contributed by atoms with Crippen molar-refractivity contribution in [3.8, 4) is 0 Å². The second-order valence-electron chi connectivity index (χ2n) is 6.74. The summed E-state index contributed by atoms with van der Waals surface area (Å²) in [6, 6.07) is 2.58. The molecule has 2 aromatic rings. The Bertz CT molecular complexity index is 739. The number of thiophene rings is 1. The first-order chi connectivity index (χ1) is 12.2. The van der Waals surface area contributed by atoms with Gasteiger partial charge in [0.2, 0.25) is 5.13 Å². The number of aryl methyl sites for hydroxylation is 1. The summed E-state index contributed by atoms with van der Waals surface area (Å²) in [7, 11) is 0. The molecule has 2 fully saturated rings. The second-order valence-corrected chi connectivity index (χ2v) is 8.83. The van der Waals surface area contributed by atoms with E-state index in [0.29, 0.717) is 17.1 Å². The fraction of sp³-hybridized carbons (Fsp3) is 0.588. The van der Waals surface area contributed by atoms with Crippen molar-refractivity contribution in [2.45, 2.75) is 38.1 Å². The van der Waals surface area contributed by atoms with Crippen LogP contribution >= 0.6 is 22.7 Å². The SMILES string of the molecule is Cc1nnc(NC(=O)c2cc([C@@H]3CC3NCC3CCOCC3)cs2)s1. The molecule has 0 spiro atoms. The van der Waals surface area contributed by atoms with E-state index in [1.165, 1.54) is 28.2 Å². The molecule has 1 unspecified atom stereocenters. The van der Waals surface area contributed by atoms with Crippen molar-refractivity contribution in [1.29, 1.82) is 0 Å². The highest BCUT2D eigenvalue weighted by atomic mass is 32.1. The van der Waals surface area contributed by atoms with Crippen molar-refractivity contribution in [1.82, 2.24) is 15.5 Å². The van der Waals surface area contributed by atoms with E-state index in [-0.39, 0.29) is 5.91 Å². The summed E-state index contributed by atoms with van der Waals surface area (Å²) in [5.41, 5.74) is 1.27. The molecule has 0 aromatic carbocycles. The summed E-state index contributed by atoms with van der Waals surface area (Å²) >= 11 is 2.89. The van der Waals surface area contributed by atoms with Crippen LogP contribution in [0.2, 0.25) is 0 Å². The third-order valence-corrected chi connectivity index (χ3v) is 6.52. The highest BCUT2D eigenvalue weighted by Crippen LogP contribution is 2.42. The van der Waals surface area contributed by atoms with Crippen molar-refractivity contribution in [2.24, 2.45) is 5.92 Å². The summed E-state index contributed by atoms with van der Waals surface area (Å²) in [5.74, 6) is 1.19. The predicted molar refractivity (Wildman–Crippen MR) is 99.6 cm³/mol. The van der Waals surface area contributed by atoms with E-state index in [9.17, 15) is 4.79 Å². The van der Waals surface area contributed by atoms with Gasteiger partial charge >= 0.3 is 0 Å². The standard InChI is InChI=1S/C17H22N4O2S2/c1-10-20-21-17(25-10)19-16(22)15-6-12(9-24-15)13-7-14(13)18-8-11-2-4-23-5-3-11/h6,9,11,13-14,18H,2-5,7-8H2,1H3,(H,19,21,22)/t13-,14?/m0/s1. The molecule has 0 radical (unpaired) electrons. The molecule has 1 aliphatic carbocycles. The number of nitrogens with one attached hydrogen (secondary N) is 2. The van der Waals surface area contributed by atoms with E-state index < -0.39 is 0 Å². The van der Waals surface area contributed by atoms with E-state index in [4.69, 9.17) is 4.74 Å². The second kappa shape index (κ2) is 7.49. The lowest BCUT2D eigenvalue weighted by molar-refractivity contribution is 0.0662. The molecule has 0 bridgehead atoms. The van der Waals surface area contributed by atoms with Crippen LogP contribution in [-0.4, -0.2) is 41.9 Å². The first kappa shape index (κ1) is 17.1. The molecule has 6 nitrogen and oxygen atoms in total. The van der Waals surface area contributed by atoms with Gasteiger partial charge in [0.15, 0.2) is 0 Å². The topological polar surface area (TPSA) is 76.1 Å². The van der Waals surface area contributed by atoms with E-state index >= 15 is 0 Å². The normalized spacial score (nSPS) is 23.6. The van der Waals surface area contributed by atoms with E-state index in [1.54, 1.807) is 0 Å². The zero-order valence-electron chi connectivity index (χ0n) is 14.2. The van der Waals surface area contributed by atoms with Crippen LogP contribution in [0.25, 0.3) is 0 Å². The van der Waals surface area contributed by atoms with Gasteiger partial charge in [-0.05, 0) is 55.7 Å². The molecule has 25 heavy (non-hydrogen) atoms. The molecule has 3 heterocycles. The number of anilines is 1. The van der Waals surface area contributed by atoms with Gasteiger partial charge in [-0.15, -0.1) is 21.5 Å². The Morgan fingerprint density at radius 3 is 2.96 bits per heavy atom. The molecule has 8 heteroatoms. The molecule has 1 saturated heterocycles. The van der Waals surface area contributed by atoms with Crippen LogP contribution in [-0.2, 0) is 4.74 Å². The lowest BCUT2D eigenvalue weighted by Crippen LogP contribution is -2.29. The van der Waals surface area contributed by atoms with Gasteiger partial charge < -0.3 is 10.1 Å². The lowest BCUT2D eigenvalue weighted by Gasteiger charge is -2.22. The molecule has 2 aromatic heterocycles. The molecular formula is C17H22N4O2S2. The minimum Gasteiger partial charge on any atom is -0.381 e. The first-order valence-corrected chi connectivity index (χ1v) is 10.4. The number of aromatic nitrogens is 2. The summed E-state index contributed by atoms with van der Waals surface area (Å²) in [6.07, 6.45) is 3.49. The lowest BCUT2D eigenvalue weighted by atomic mass is 10.0. The third-order valence-electron chi connectivity index (χ3n) is 4.82. The quantitative estimate of drug-likeness (QED) is 0.808. The van der Waals surface area contributed by atoms with Crippen molar-refractivity contribution >= 4 is 33.7 Å². The first-order valence-electron chi connectivity index (χ1n) is 8.70. The van der Waals surface area contributed by atoms with Gasteiger partial charge in [-0.3, -0.25) is 10.1 Å². The van der Waals surface area contributed by atoms with Crippen LogP contribution in [0.15, 0.2) is 11.4 Å². The van der Waals surface area contributed by atoms with Gasteiger partial charge in [0.25, 0.3) is 5.91 Å². The van der Waals surface area contributed by atoms with E-state index in [2.05, 4.69) is 26.2 Å². The summed E-state index contributed by atoms with van der Waals surface area (Å²) in [4.78, 5) is 13.0. The minimum absolute atomic E-state index is 0.0974. The maximum atomic E-state index is 12.3. The van der Waals surface area contributed by atoms with Crippen LogP contribution in [0.5, 0.6) is 0 Å². The molecule has 1 saturated carbocycles. The fourth-order valence-electron chi connectivity index (χ4n) is 3.23. The van der Waals surface area contributed by atoms with Crippen molar-refractivity contribution in [2.75, 3.05) is 25.1 Å². The van der Waals surface area contributed by atoms with Gasteiger partial charge in [-0.1, -0.05) is 11.3 Å². The van der Waals surface area contributed by atoms with Crippen LogP contribution < -0.4 is 10.6 Å². The zero-order valence-corrected chi connectivity index (χ0v) is 15.8. The van der Waals surface area contributed by atoms with Gasteiger partial charge in [0.05, 0.1) is 4.88 Å². The predicted octanol–water partition coefficient (Wildman–Crippen LogP) is 3.03. The Kier molecular flexibility index (Phi) is 5.12. The van der Waals surface area contributed by atoms with Gasteiger partial charge in [-0.25, -0.2) is 0 Å². The zero-order chi connectivity index (χ0) is 17.2. The van der Waals surface area contributed by atoms with Gasteiger partial charge in [-0.2, -0.15) is 0 Å². The van der Waals surface area contributed by atoms with Crippen molar-refractivity contribution < 1.29 is 9.53 Å². The smallest absolute Gasteiger partial charge is 0.267 e. The Labute approximate surface area is 155 Å². The van der Waals surface area contributed by atoms with Gasteiger partial charge in [0, 0.05) is 25.2 Å². The van der Waals surface area contributed by atoms with Crippen LogP contribution in [0, 0.1) is 12.8 Å². The number of nitrogens with zero attached hydrogens (tertiary/aromatic N) is 2. The molecular weight excluding hydrogens is 356 g/mol. The average Bonchev–Trinajstić information content (AvgIpc) is 3.02. The molecule has 4 rings (SSSR count). The number of carbonyl (C=O) groups is 1. The molecule has 2 aliphatic rings. The third kappa shape index (κ3) is 4.25. The van der Waals surface area contributed by atoms with Crippen LogP contribution in [0.3, 0.4) is 0 Å². The highest BCUT2D eigenvalue weighted by molar-refractivity contribution is 7.15. The monoisotopic (exact) mass is 378 g/mol. The summed E-state index contributed by atoms with van der Waals surface area (Å²) in [5, 5.41) is 17.9. The fourth-order valence-corrected chi connectivity index (χ4v) is 4.68.